The Morgan fingerprint density at radius 2 is 1.80 bits per heavy atom. The lowest BCUT2D eigenvalue weighted by Crippen LogP contribution is -2.50. The predicted octanol–water partition coefficient (Wildman–Crippen LogP) is 7.01. The van der Waals surface area contributed by atoms with Gasteiger partial charge in [0.1, 0.15) is 0 Å². The van der Waals surface area contributed by atoms with Crippen molar-refractivity contribution >= 4 is 0 Å². The maximum atomic E-state index is 10.2. The van der Waals surface area contributed by atoms with Crippen LogP contribution in [0, 0.1) is 46.3 Å². The second-order valence-corrected chi connectivity index (χ2v) is 12.5. The summed E-state index contributed by atoms with van der Waals surface area (Å²) in [7, 11) is 1.89. The molecule has 0 saturated heterocycles. The highest BCUT2D eigenvalue weighted by atomic mass is 16.5. The van der Waals surface area contributed by atoms with E-state index >= 15 is 0 Å². The number of hydrogen-bond acceptors (Lipinski definition) is 2. The highest BCUT2D eigenvalue weighted by Gasteiger charge is 2.59. The largest absolute Gasteiger partial charge is 0.393 e. The Hall–Kier alpha value is -0.340. The summed E-state index contributed by atoms with van der Waals surface area (Å²) >= 11 is 0. The van der Waals surface area contributed by atoms with E-state index in [4.69, 9.17) is 4.74 Å². The quantitative estimate of drug-likeness (QED) is 0.472. The van der Waals surface area contributed by atoms with Crippen molar-refractivity contribution < 1.29 is 9.84 Å². The van der Waals surface area contributed by atoms with Gasteiger partial charge in [-0.2, -0.15) is 0 Å². The summed E-state index contributed by atoms with van der Waals surface area (Å²) in [4.78, 5) is 0. The SMILES string of the molecule is CO[C@H](CC[C@@H](C)[C@H]1CC[C@H]2[C@@H]3CC=C4C[C@@H](O)CC[C@]4(C)[C@H]3CC[C@]12C)C(C)C. The Kier molecular flexibility index (Phi) is 6.50. The molecule has 3 fully saturated rings. The first-order valence-corrected chi connectivity index (χ1v) is 13.1. The van der Waals surface area contributed by atoms with Crippen molar-refractivity contribution in [1.29, 1.82) is 0 Å². The van der Waals surface area contributed by atoms with Gasteiger partial charge in [-0.1, -0.05) is 46.3 Å². The van der Waals surface area contributed by atoms with Crippen molar-refractivity contribution in [2.75, 3.05) is 7.11 Å². The predicted molar refractivity (Wildman–Crippen MR) is 125 cm³/mol. The van der Waals surface area contributed by atoms with Crippen LogP contribution in [0.15, 0.2) is 11.6 Å². The van der Waals surface area contributed by atoms with Gasteiger partial charge < -0.3 is 9.84 Å². The molecule has 0 bridgehead atoms. The minimum Gasteiger partial charge on any atom is -0.393 e. The number of hydrogen-bond donors (Lipinski definition) is 1. The van der Waals surface area contributed by atoms with Crippen molar-refractivity contribution in [2.45, 2.75) is 111 Å². The van der Waals surface area contributed by atoms with Gasteiger partial charge in [0.15, 0.2) is 0 Å². The molecule has 0 amide bonds. The number of allylic oxidation sites excluding steroid dienone is 1. The Morgan fingerprint density at radius 1 is 1.03 bits per heavy atom. The Balaban J connectivity index is 1.47. The van der Waals surface area contributed by atoms with E-state index < -0.39 is 0 Å². The van der Waals surface area contributed by atoms with Gasteiger partial charge in [0.05, 0.1) is 12.2 Å². The minimum absolute atomic E-state index is 0.0896. The Bertz CT molecular complexity index is 639. The second-order valence-electron chi connectivity index (χ2n) is 12.5. The molecule has 0 unspecified atom stereocenters. The smallest absolute Gasteiger partial charge is 0.0594 e. The van der Waals surface area contributed by atoms with Gasteiger partial charge in [0.2, 0.25) is 0 Å². The van der Waals surface area contributed by atoms with Gasteiger partial charge in [-0.15, -0.1) is 0 Å². The van der Waals surface area contributed by atoms with Crippen molar-refractivity contribution in [3.05, 3.63) is 11.6 Å². The fraction of sp³-hybridized carbons (Fsp3) is 0.929. The van der Waals surface area contributed by atoms with Crippen LogP contribution in [-0.4, -0.2) is 24.4 Å². The molecule has 0 heterocycles. The van der Waals surface area contributed by atoms with E-state index in [1.807, 2.05) is 7.11 Å². The molecule has 9 atom stereocenters. The number of fused-ring (bicyclic) bond motifs is 5. The van der Waals surface area contributed by atoms with E-state index in [0.29, 0.717) is 22.9 Å². The first-order chi connectivity index (χ1) is 14.2. The number of aliphatic hydroxyl groups excluding tert-OH is 1. The zero-order chi connectivity index (χ0) is 21.7. The molecule has 0 radical (unpaired) electrons. The van der Waals surface area contributed by atoms with Gasteiger partial charge in [0, 0.05) is 7.11 Å². The molecule has 2 heteroatoms. The van der Waals surface area contributed by atoms with Crippen LogP contribution in [0.5, 0.6) is 0 Å². The molecular formula is C28H48O2. The fourth-order valence-electron chi connectivity index (χ4n) is 8.97. The van der Waals surface area contributed by atoms with Crippen LogP contribution >= 0.6 is 0 Å². The molecule has 4 aliphatic rings. The van der Waals surface area contributed by atoms with E-state index in [2.05, 4.69) is 40.7 Å². The fourth-order valence-corrected chi connectivity index (χ4v) is 8.97. The summed E-state index contributed by atoms with van der Waals surface area (Å²) in [5.41, 5.74) is 2.51. The molecule has 0 aliphatic heterocycles. The average molecular weight is 417 g/mol. The third-order valence-electron chi connectivity index (χ3n) is 10.8. The maximum absolute atomic E-state index is 10.2. The lowest BCUT2D eigenvalue weighted by Gasteiger charge is -2.58. The van der Waals surface area contributed by atoms with E-state index in [1.165, 1.54) is 51.4 Å². The molecule has 2 nitrogen and oxygen atoms in total. The second kappa shape index (κ2) is 8.54. The molecule has 3 saturated carbocycles. The van der Waals surface area contributed by atoms with Crippen LogP contribution in [0.4, 0.5) is 0 Å². The van der Waals surface area contributed by atoms with Gasteiger partial charge in [0.25, 0.3) is 0 Å². The summed E-state index contributed by atoms with van der Waals surface area (Å²) < 4.78 is 5.77. The van der Waals surface area contributed by atoms with Gasteiger partial charge in [-0.25, -0.2) is 0 Å². The molecule has 4 aliphatic carbocycles. The average Bonchev–Trinajstić information content (AvgIpc) is 3.06. The Labute approximate surface area is 186 Å². The van der Waals surface area contributed by atoms with E-state index in [1.54, 1.807) is 5.57 Å². The maximum Gasteiger partial charge on any atom is 0.0594 e. The zero-order valence-electron chi connectivity index (χ0n) is 20.6. The third kappa shape index (κ3) is 3.72. The number of aliphatic hydroxyl groups is 1. The summed E-state index contributed by atoms with van der Waals surface area (Å²) in [5, 5.41) is 10.2. The highest BCUT2D eigenvalue weighted by Crippen LogP contribution is 2.67. The van der Waals surface area contributed by atoms with Crippen LogP contribution in [0.25, 0.3) is 0 Å². The molecule has 4 rings (SSSR count). The third-order valence-corrected chi connectivity index (χ3v) is 10.8. The molecule has 1 N–H and O–H groups in total. The molecule has 30 heavy (non-hydrogen) atoms. The molecule has 0 aromatic carbocycles. The monoisotopic (exact) mass is 416 g/mol. The Morgan fingerprint density at radius 3 is 2.50 bits per heavy atom. The van der Waals surface area contributed by atoms with Crippen molar-refractivity contribution in [2.24, 2.45) is 46.3 Å². The van der Waals surface area contributed by atoms with Gasteiger partial charge in [-0.05, 0) is 111 Å². The topological polar surface area (TPSA) is 29.5 Å². The van der Waals surface area contributed by atoms with Crippen LogP contribution in [0.3, 0.4) is 0 Å². The standard InChI is InChI=1S/C28H48O2/c1-18(2)26(30-6)12-7-19(3)23-10-11-24-22-9-8-20-17-21(29)13-15-27(20,4)25(22)14-16-28(23,24)5/h8,18-19,21-26,29H,7,9-17H2,1-6H3/t19-,21+,22+,23-,24+,25+,26-,27+,28-/m1/s1. The summed E-state index contributed by atoms with van der Waals surface area (Å²) in [6.07, 6.45) is 15.6. The lowest BCUT2D eigenvalue weighted by atomic mass is 9.47. The van der Waals surface area contributed by atoms with Crippen molar-refractivity contribution in [3.8, 4) is 0 Å². The zero-order valence-corrected chi connectivity index (χ0v) is 20.6. The number of methoxy groups -OCH3 is 1. The van der Waals surface area contributed by atoms with E-state index in [-0.39, 0.29) is 6.10 Å². The molecular weight excluding hydrogens is 368 g/mol. The first kappa shape index (κ1) is 22.8. The van der Waals surface area contributed by atoms with E-state index in [9.17, 15) is 5.11 Å². The van der Waals surface area contributed by atoms with E-state index in [0.717, 1.165) is 42.4 Å². The van der Waals surface area contributed by atoms with Gasteiger partial charge in [-0.3, -0.25) is 0 Å². The molecule has 0 aromatic heterocycles. The lowest BCUT2D eigenvalue weighted by molar-refractivity contribution is -0.0582. The van der Waals surface area contributed by atoms with Crippen LogP contribution < -0.4 is 0 Å². The van der Waals surface area contributed by atoms with Crippen LogP contribution in [0.2, 0.25) is 0 Å². The molecule has 172 valence electrons. The van der Waals surface area contributed by atoms with Gasteiger partial charge >= 0.3 is 0 Å². The summed E-state index contributed by atoms with van der Waals surface area (Å²) in [6, 6.07) is 0. The summed E-state index contributed by atoms with van der Waals surface area (Å²) in [6.45, 7) is 12.4. The van der Waals surface area contributed by atoms with Crippen LogP contribution in [-0.2, 0) is 4.74 Å². The highest BCUT2D eigenvalue weighted by molar-refractivity contribution is 5.25. The molecule has 0 aromatic rings. The van der Waals surface area contributed by atoms with Crippen molar-refractivity contribution in [1.82, 2.24) is 0 Å². The summed E-state index contributed by atoms with van der Waals surface area (Å²) in [5.74, 6) is 4.96. The normalized spacial score (nSPS) is 45.3. The van der Waals surface area contributed by atoms with Crippen molar-refractivity contribution in [3.63, 3.8) is 0 Å². The minimum atomic E-state index is -0.0896. The number of rotatable bonds is 6. The molecule has 0 spiro atoms. The number of ether oxygens (including phenoxy) is 1. The first-order valence-electron chi connectivity index (χ1n) is 13.1. The van der Waals surface area contributed by atoms with Crippen LogP contribution in [0.1, 0.15) is 98.8 Å².